The van der Waals surface area contributed by atoms with Gasteiger partial charge in [0.25, 0.3) is 0 Å². The van der Waals surface area contributed by atoms with Gasteiger partial charge in [-0.25, -0.2) is 4.79 Å². The molecule has 0 radical (unpaired) electrons. The number of hydrogen-bond acceptors (Lipinski definition) is 6. The first-order chi connectivity index (χ1) is 30.4. The Morgan fingerprint density at radius 2 is 1.08 bits per heavy atom. The third-order valence-electron chi connectivity index (χ3n) is 13.0. The van der Waals surface area contributed by atoms with Gasteiger partial charge >= 0.3 is 11.9 Å². The zero-order valence-electron chi connectivity index (χ0n) is 36.1. The Balaban J connectivity index is 0.997. The number of hydrogen-bond donors (Lipinski definition) is 2. The number of esters is 2. The summed E-state index contributed by atoms with van der Waals surface area (Å²) in [7, 11) is 0. The molecule has 0 bridgehead atoms. The molecule has 6 nitrogen and oxygen atoms in total. The Morgan fingerprint density at radius 1 is 0.532 bits per heavy atom. The first-order valence-corrected chi connectivity index (χ1v) is 22.8. The van der Waals surface area contributed by atoms with Crippen molar-refractivity contribution >= 4 is 11.9 Å². The van der Waals surface area contributed by atoms with Crippen LogP contribution >= 0.6 is 0 Å². The van der Waals surface area contributed by atoms with Crippen LogP contribution in [0.3, 0.4) is 0 Å². The average Bonchev–Trinajstić information content (AvgIpc) is 3.33. The van der Waals surface area contributed by atoms with Crippen LogP contribution in [0, 0.1) is 0 Å². The van der Waals surface area contributed by atoms with E-state index in [1.165, 1.54) is 31.2 Å². The van der Waals surface area contributed by atoms with E-state index in [-0.39, 0.29) is 11.9 Å². The Bertz CT molecular complexity index is 2350. The van der Waals surface area contributed by atoms with Crippen molar-refractivity contribution in [2.24, 2.45) is 0 Å². The topological polar surface area (TPSA) is 76.7 Å². The molecule has 0 saturated carbocycles. The molecule has 2 aliphatic rings. The highest BCUT2D eigenvalue weighted by Crippen LogP contribution is 2.40. The van der Waals surface area contributed by atoms with Crippen LogP contribution in [0.15, 0.2) is 158 Å². The molecular weight excluding hydrogens is 765 g/mol. The highest BCUT2D eigenvalue weighted by Gasteiger charge is 2.40. The number of rotatable bonds is 16. The molecule has 6 aromatic rings. The summed E-state index contributed by atoms with van der Waals surface area (Å²) >= 11 is 0. The molecule has 0 aliphatic carbocycles. The molecular formula is C56H60N2O4. The van der Waals surface area contributed by atoms with Crippen molar-refractivity contribution in [3.8, 4) is 22.3 Å². The van der Waals surface area contributed by atoms with Crippen LogP contribution in [0.25, 0.3) is 22.3 Å². The second-order valence-corrected chi connectivity index (χ2v) is 17.2. The number of aryl methyl sites for hydroxylation is 1. The molecule has 2 N–H and O–H groups in total. The summed E-state index contributed by atoms with van der Waals surface area (Å²) in [5.74, 6) is -1.00. The number of carbonyl (C=O) groups is 2. The van der Waals surface area contributed by atoms with Gasteiger partial charge in [0.2, 0.25) is 0 Å². The largest absolute Gasteiger partial charge is 0.454 e. The zero-order chi connectivity index (χ0) is 42.6. The van der Waals surface area contributed by atoms with Gasteiger partial charge in [-0.15, -0.1) is 0 Å². The van der Waals surface area contributed by atoms with Gasteiger partial charge in [-0.2, -0.15) is 0 Å². The minimum absolute atomic E-state index is 0.208. The van der Waals surface area contributed by atoms with E-state index in [1.54, 1.807) is 0 Å². The summed E-state index contributed by atoms with van der Waals surface area (Å²) in [4.78, 5) is 28.4. The molecule has 0 spiro atoms. The maximum atomic E-state index is 14.4. The molecule has 6 heteroatoms. The van der Waals surface area contributed by atoms with Crippen LogP contribution in [-0.4, -0.2) is 38.1 Å². The molecule has 2 saturated heterocycles. The maximum absolute atomic E-state index is 14.4. The van der Waals surface area contributed by atoms with Crippen LogP contribution in [0.1, 0.15) is 102 Å². The van der Waals surface area contributed by atoms with Gasteiger partial charge in [-0.05, 0) is 114 Å². The van der Waals surface area contributed by atoms with Crippen LogP contribution in [0.4, 0.5) is 0 Å². The molecule has 2 aliphatic heterocycles. The summed E-state index contributed by atoms with van der Waals surface area (Å²) in [6, 6.07) is 53.8. The molecule has 1 unspecified atom stereocenters. The molecule has 2 fully saturated rings. The summed E-state index contributed by atoms with van der Waals surface area (Å²) in [5.41, 5.74) is 8.78. The number of piperidine rings is 2. The molecule has 1 atom stereocenters. The number of nitrogens with one attached hydrogen (secondary N) is 2. The maximum Gasteiger partial charge on any atom is 0.339 e. The Hall–Kier alpha value is -5.82. The first-order valence-electron chi connectivity index (χ1n) is 22.8. The predicted molar refractivity (Wildman–Crippen MR) is 250 cm³/mol. The molecule has 8 rings (SSSR count). The Morgan fingerprint density at radius 3 is 1.71 bits per heavy atom. The van der Waals surface area contributed by atoms with Crippen LogP contribution in [0.5, 0.6) is 0 Å². The molecule has 6 aromatic carbocycles. The van der Waals surface area contributed by atoms with Crippen molar-refractivity contribution in [1.82, 2.24) is 10.6 Å². The number of benzene rings is 6. The molecule has 2 heterocycles. The second kappa shape index (κ2) is 20.4. The lowest BCUT2D eigenvalue weighted by atomic mass is 9.83. The van der Waals surface area contributed by atoms with Crippen LogP contribution < -0.4 is 10.6 Å². The lowest BCUT2D eigenvalue weighted by molar-refractivity contribution is -0.166. The van der Waals surface area contributed by atoms with Gasteiger partial charge in [0.05, 0.1) is 11.5 Å². The quantitative estimate of drug-likeness (QED) is 0.0748. The van der Waals surface area contributed by atoms with E-state index in [0.29, 0.717) is 24.8 Å². The summed E-state index contributed by atoms with van der Waals surface area (Å²) in [6.07, 6.45) is 9.49. The molecule has 0 amide bonds. The standard InChI is InChI=1S/C56H60N2O4/c1-2-3-4-7-13-42-20-22-44(23-21-42)45-26-30-48(31-27-45)53(59)61-56(34-38-58-39-35-56)51-19-12-16-49(41-51)46-24-28-47(29-25-46)52(40-43-14-8-5-9-15-43)54(60)62-55(32-36-57-37-33-55)50-17-10-6-11-18-50/h5-6,8-12,14-31,41,52,57-58H,2-4,7,13,32-40H2,1H3. The van der Waals surface area contributed by atoms with E-state index in [1.807, 2.05) is 60.7 Å². The average molecular weight is 825 g/mol. The van der Waals surface area contributed by atoms with Crippen molar-refractivity contribution in [2.75, 3.05) is 26.2 Å². The highest BCUT2D eigenvalue weighted by atomic mass is 16.6. The van der Waals surface area contributed by atoms with E-state index in [9.17, 15) is 9.59 Å². The highest BCUT2D eigenvalue weighted by molar-refractivity contribution is 5.90. The number of carbonyl (C=O) groups excluding carboxylic acids is 2. The van der Waals surface area contributed by atoms with Crippen LogP contribution in [-0.2, 0) is 38.3 Å². The SMILES string of the molecule is CCCCCCc1ccc(-c2ccc(C(=O)OC3(c4cccc(-c5ccc(C(Cc6ccccc6)C(=O)OC6(c7ccccc7)CCNCC6)cc5)c4)CCNCC3)cc2)cc1. The van der Waals surface area contributed by atoms with Gasteiger partial charge in [0.1, 0.15) is 11.2 Å². The summed E-state index contributed by atoms with van der Waals surface area (Å²) in [5, 5.41) is 6.91. The van der Waals surface area contributed by atoms with E-state index < -0.39 is 17.1 Å². The van der Waals surface area contributed by atoms with Gasteiger partial charge in [-0.3, -0.25) is 4.79 Å². The summed E-state index contributed by atoms with van der Waals surface area (Å²) in [6.45, 7) is 5.32. The molecule has 62 heavy (non-hydrogen) atoms. The van der Waals surface area contributed by atoms with E-state index >= 15 is 0 Å². The number of ether oxygens (including phenoxy) is 2. The Kier molecular flexibility index (Phi) is 14.1. The van der Waals surface area contributed by atoms with E-state index in [0.717, 1.165) is 89.9 Å². The smallest absolute Gasteiger partial charge is 0.339 e. The predicted octanol–water partition coefficient (Wildman–Crippen LogP) is 11.7. The summed E-state index contributed by atoms with van der Waals surface area (Å²) < 4.78 is 13.2. The molecule has 318 valence electrons. The normalized spacial score (nSPS) is 16.2. The van der Waals surface area contributed by atoms with Gasteiger partial charge in [-0.1, -0.05) is 166 Å². The van der Waals surface area contributed by atoms with Crippen molar-refractivity contribution in [3.63, 3.8) is 0 Å². The van der Waals surface area contributed by atoms with E-state index in [2.05, 4.69) is 115 Å². The minimum atomic E-state index is -0.766. The van der Waals surface area contributed by atoms with Gasteiger partial charge < -0.3 is 20.1 Å². The van der Waals surface area contributed by atoms with Crippen molar-refractivity contribution in [2.45, 2.75) is 88.3 Å². The van der Waals surface area contributed by atoms with Crippen LogP contribution in [0.2, 0.25) is 0 Å². The fourth-order valence-electron chi connectivity index (χ4n) is 9.30. The van der Waals surface area contributed by atoms with Crippen molar-refractivity contribution in [1.29, 1.82) is 0 Å². The minimum Gasteiger partial charge on any atom is -0.454 e. The fraction of sp³-hybridized carbons (Fsp3) is 0.321. The lowest BCUT2D eigenvalue weighted by Crippen LogP contribution is -2.44. The Labute approximate surface area is 368 Å². The third-order valence-corrected chi connectivity index (χ3v) is 13.0. The van der Waals surface area contributed by atoms with E-state index in [4.69, 9.17) is 9.47 Å². The third kappa shape index (κ3) is 10.3. The fourth-order valence-corrected chi connectivity index (χ4v) is 9.30. The monoisotopic (exact) mass is 824 g/mol. The lowest BCUT2D eigenvalue weighted by Gasteiger charge is -2.38. The zero-order valence-corrected chi connectivity index (χ0v) is 36.1. The molecule has 0 aromatic heterocycles. The van der Waals surface area contributed by atoms with Gasteiger partial charge in [0, 0.05) is 25.7 Å². The number of unbranched alkanes of at least 4 members (excludes halogenated alkanes) is 3. The first kappa shape index (κ1) is 42.9. The van der Waals surface area contributed by atoms with Crippen molar-refractivity contribution in [3.05, 3.63) is 191 Å². The van der Waals surface area contributed by atoms with Crippen molar-refractivity contribution < 1.29 is 19.1 Å². The van der Waals surface area contributed by atoms with Gasteiger partial charge in [0.15, 0.2) is 0 Å². The second-order valence-electron chi connectivity index (χ2n) is 17.2.